The second kappa shape index (κ2) is 9.26. The molecule has 2 aromatic carbocycles. The number of hydrogen-bond donors (Lipinski definition) is 2. The summed E-state index contributed by atoms with van der Waals surface area (Å²) in [5.74, 6) is -0.861. The first-order valence-electron chi connectivity index (χ1n) is 8.22. The second-order valence-corrected chi connectivity index (χ2v) is 6.48. The van der Waals surface area contributed by atoms with Crippen LogP contribution in [0.4, 0.5) is 0 Å². The Morgan fingerprint density at radius 2 is 1.59 bits per heavy atom. The lowest BCUT2D eigenvalue weighted by Crippen LogP contribution is -2.32. The zero-order valence-corrected chi connectivity index (χ0v) is 15.1. The third-order valence-electron chi connectivity index (χ3n) is 3.54. The molecule has 27 heavy (non-hydrogen) atoms. The summed E-state index contributed by atoms with van der Waals surface area (Å²) >= 11 is 1.47. The minimum absolute atomic E-state index is 0.122. The van der Waals surface area contributed by atoms with Gasteiger partial charge in [0.15, 0.2) is 0 Å². The average molecular weight is 375 g/mol. The van der Waals surface area contributed by atoms with E-state index < -0.39 is 5.91 Å². The monoisotopic (exact) mass is 375 g/mol. The van der Waals surface area contributed by atoms with Gasteiger partial charge >= 0.3 is 0 Å². The molecule has 1 heterocycles. The van der Waals surface area contributed by atoms with Crippen LogP contribution in [0.5, 0.6) is 0 Å². The second-order valence-electron chi connectivity index (χ2n) is 5.50. The number of rotatable bonds is 6. The number of benzene rings is 2. The third-order valence-corrected chi connectivity index (χ3v) is 4.36. The number of nitrogens with zero attached hydrogens (tertiary/aromatic N) is 1. The molecule has 0 unspecified atom stereocenters. The molecule has 0 spiro atoms. The molecule has 0 fully saturated rings. The number of carbonyl (C=O) groups excluding carboxylic acids is 2. The van der Waals surface area contributed by atoms with Crippen LogP contribution in [-0.2, 0) is 4.79 Å². The van der Waals surface area contributed by atoms with Crippen molar-refractivity contribution in [3.63, 3.8) is 0 Å². The van der Waals surface area contributed by atoms with Crippen LogP contribution in [0.15, 0.2) is 89.0 Å². The number of carbonyl (C=O) groups is 2. The molecule has 0 bridgehead atoms. The Bertz CT molecular complexity index is 950. The summed E-state index contributed by atoms with van der Waals surface area (Å²) in [6.07, 6.45) is 3.17. The molecule has 3 aromatic rings. The zero-order valence-electron chi connectivity index (χ0n) is 14.3. The van der Waals surface area contributed by atoms with Crippen molar-refractivity contribution < 1.29 is 9.59 Å². The first kappa shape index (κ1) is 18.3. The fourth-order valence-corrected chi connectivity index (χ4v) is 2.88. The van der Waals surface area contributed by atoms with Crippen LogP contribution < -0.4 is 10.7 Å². The molecule has 0 aliphatic carbocycles. The fourth-order valence-electron chi connectivity index (χ4n) is 2.22. The summed E-state index contributed by atoms with van der Waals surface area (Å²) in [7, 11) is 0. The number of hydrazone groups is 1. The molecular weight excluding hydrogens is 358 g/mol. The minimum Gasteiger partial charge on any atom is -0.317 e. The highest BCUT2D eigenvalue weighted by Gasteiger charge is 2.14. The Hall–Kier alpha value is -3.51. The van der Waals surface area contributed by atoms with E-state index in [2.05, 4.69) is 15.8 Å². The van der Waals surface area contributed by atoms with E-state index in [1.165, 1.54) is 11.3 Å². The summed E-state index contributed by atoms with van der Waals surface area (Å²) in [4.78, 5) is 25.8. The van der Waals surface area contributed by atoms with Gasteiger partial charge in [-0.05, 0) is 35.2 Å². The highest BCUT2D eigenvalue weighted by atomic mass is 32.1. The lowest BCUT2D eigenvalue weighted by atomic mass is 10.2. The van der Waals surface area contributed by atoms with E-state index in [0.29, 0.717) is 5.56 Å². The quantitative estimate of drug-likeness (QED) is 0.392. The molecule has 6 heteroatoms. The molecule has 2 N–H and O–H groups in total. The Balaban J connectivity index is 1.74. The van der Waals surface area contributed by atoms with Gasteiger partial charge in [-0.2, -0.15) is 5.10 Å². The predicted octanol–water partition coefficient (Wildman–Crippen LogP) is 3.67. The van der Waals surface area contributed by atoms with Gasteiger partial charge in [0.05, 0.1) is 6.21 Å². The van der Waals surface area contributed by atoms with Gasteiger partial charge in [-0.3, -0.25) is 9.59 Å². The highest BCUT2D eigenvalue weighted by molar-refractivity contribution is 7.10. The van der Waals surface area contributed by atoms with Crippen LogP contribution in [0.25, 0.3) is 6.08 Å². The maximum absolute atomic E-state index is 12.5. The zero-order chi connectivity index (χ0) is 18.9. The SMILES string of the molecule is O=C(N/N=C\c1ccccc1)/C(=C/c1cccs1)NC(=O)c1ccccc1. The Morgan fingerprint density at radius 1 is 0.889 bits per heavy atom. The van der Waals surface area contributed by atoms with Gasteiger partial charge in [0.1, 0.15) is 5.70 Å². The van der Waals surface area contributed by atoms with E-state index >= 15 is 0 Å². The predicted molar refractivity (Wildman–Crippen MR) is 108 cm³/mol. The molecule has 2 amide bonds. The number of nitrogens with one attached hydrogen (secondary N) is 2. The summed E-state index contributed by atoms with van der Waals surface area (Å²) in [6, 6.07) is 21.9. The number of amides is 2. The maximum atomic E-state index is 12.5. The van der Waals surface area contributed by atoms with Crippen molar-refractivity contribution in [2.24, 2.45) is 5.10 Å². The van der Waals surface area contributed by atoms with E-state index in [1.54, 1.807) is 36.6 Å². The fraction of sp³-hybridized carbons (Fsp3) is 0. The van der Waals surface area contributed by atoms with Gasteiger partial charge in [-0.1, -0.05) is 54.6 Å². The first-order chi connectivity index (χ1) is 13.2. The van der Waals surface area contributed by atoms with E-state index in [9.17, 15) is 9.59 Å². The molecule has 0 aliphatic rings. The summed E-state index contributed by atoms with van der Waals surface area (Å²) in [5, 5.41) is 8.52. The van der Waals surface area contributed by atoms with E-state index in [4.69, 9.17) is 0 Å². The molecule has 1 aromatic heterocycles. The molecule has 0 saturated carbocycles. The lowest BCUT2D eigenvalue weighted by Gasteiger charge is -2.08. The minimum atomic E-state index is -0.500. The molecule has 3 rings (SSSR count). The summed E-state index contributed by atoms with van der Waals surface area (Å²) < 4.78 is 0. The van der Waals surface area contributed by atoms with Gasteiger partial charge in [-0.25, -0.2) is 5.43 Å². The lowest BCUT2D eigenvalue weighted by molar-refractivity contribution is -0.117. The van der Waals surface area contributed by atoms with E-state index in [-0.39, 0.29) is 11.6 Å². The van der Waals surface area contributed by atoms with Crippen LogP contribution in [0, 0.1) is 0 Å². The van der Waals surface area contributed by atoms with E-state index in [0.717, 1.165) is 10.4 Å². The molecule has 0 aliphatic heterocycles. The molecular formula is C21H17N3O2S. The van der Waals surface area contributed by atoms with Crippen molar-refractivity contribution in [2.75, 3.05) is 0 Å². The first-order valence-corrected chi connectivity index (χ1v) is 9.10. The van der Waals surface area contributed by atoms with Gasteiger partial charge in [0, 0.05) is 10.4 Å². The molecule has 0 saturated heterocycles. The normalized spacial score (nSPS) is 11.3. The van der Waals surface area contributed by atoms with Gasteiger partial charge in [-0.15, -0.1) is 11.3 Å². The van der Waals surface area contributed by atoms with Crippen molar-refractivity contribution >= 4 is 35.4 Å². The average Bonchev–Trinajstić information content (AvgIpc) is 3.22. The van der Waals surface area contributed by atoms with Crippen molar-refractivity contribution in [1.29, 1.82) is 0 Å². The molecule has 134 valence electrons. The highest BCUT2D eigenvalue weighted by Crippen LogP contribution is 2.13. The van der Waals surface area contributed by atoms with E-state index in [1.807, 2.05) is 53.9 Å². The van der Waals surface area contributed by atoms with Crippen molar-refractivity contribution in [3.05, 3.63) is 99.9 Å². The Labute approximate surface area is 161 Å². The molecule has 0 atom stereocenters. The van der Waals surface area contributed by atoms with Crippen LogP contribution in [0.1, 0.15) is 20.8 Å². The molecule has 5 nitrogen and oxygen atoms in total. The van der Waals surface area contributed by atoms with Gasteiger partial charge < -0.3 is 5.32 Å². The third kappa shape index (κ3) is 5.49. The Kier molecular flexibility index (Phi) is 6.27. The van der Waals surface area contributed by atoms with Crippen molar-refractivity contribution in [3.8, 4) is 0 Å². The number of thiophene rings is 1. The van der Waals surface area contributed by atoms with Crippen molar-refractivity contribution in [1.82, 2.24) is 10.7 Å². The molecule has 0 radical (unpaired) electrons. The standard InChI is InChI=1S/C21H17N3O2S/c25-20(17-10-5-2-6-11-17)23-19(14-18-12-7-13-27-18)21(26)24-22-15-16-8-3-1-4-9-16/h1-15H,(H,23,25)(H,24,26)/b19-14-,22-15-. The van der Waals surface area contributed by atoms with Crippen LogP contribution in [-0.4, -0.2) is 18.0 Å². The number of hydrogen-bond acceptors (Lipinski definition) is 4. The largest absolute Gasteiger partial charge is 0.317 e. The maximum Gasteiger partial charge on any atom is 0.287 e. The summed E-state index contributed by atoms with van der Waals surface area (Å²) in [5.41, 5.74) is 3.90. The van der Waals surface area contributed by atoms with Crippen LogP contribution in [0.2, 0.25) is 0 Å². The topological polar surface area (TPSA) is 70.6 Å². The Morgan fingerprint density at radius 3 is 2.26 bits per heavy atom. The summed E-state index contributed by atoms with van der Waals surface area (Å²) in [6.45, 7) is 0. The van der Waals surface area contributed by atoms with Crippen LogP contribution in [0.3, 0.4) is 0 Å². The van der Waals surface area contributed by atoms with Crippen molar-refractivity contribution in [2.45, 2.75) is 0 Å². The van der Waals surface area contributed by atoms with Gasteiger partial charge in [0.25, 0.3) is 11.8 Å². The van der Waals surface area contributed by atoms with Gasteiger partial charge in [0.2, 0.25) is 0 Å². The smallest absolute Gasteiger partial charge is 0.287 e. The van der Waals surface area contributed by atoms with Crippen LogP contribution >= 0.6 is 11.3 Å².